The molecule has 0 saturated heterocycles. The van der Waals surface area contributed by atoms with E-state index in [2.05, 4.69) is 10.4 Å². The number of carbonyl (C=O) groups excluding carboxylic acids is 1. The molecule has 0 unspecified atom stereocenters. The SMILES string of the molecule is CCc1c(C(=O)NCc2ccc(F)cc2)cnn1-c1ccc(F)cc1. The third kappa shape index (κ3) is 3.74. The first kappa shape index (κ1) is 16.8. The summed E-state index contributed by atoms with van der Waals surface area (Å²) in [5.74, 6) is -0.898. The number of nitrogens with one attached hydrogen (secondary N) is 1. The molecule has 1 aromatic heterocycles. The van der Waals surface area contributed by atoms with Crippen LogP contribution in [0.5, 0.6) is 0 Å². The molecule has 128 valence electrons. The van der Waals surface area contributed by atoms with E-state index < -0.39 is 0 Å². The van der Waals surface area contributed by atoms with Gasteiger partial charge in [-0.05, 0) is 48.4 Å². The van der Waals surface area contributed by atoms with Gasteiger partial charge >= 0.3 is 0 Å². The second-order valence-corrected chi connectivity index (χ2v) is 5.56. The molecule has 4 nitrogen and oxygen atoms in total. The fourth-order valence-corrected chi connectivity index (χ4v) is 2.59. The first-order valence-electron chi connectivity index (χ1n) is 7.94. The molecule has 0 bridgehead atoms. The second-order valence-electron chi connectivity index (χ2n) is 5.56. The minimum atomic E-state index is -0.328. The predicted molar refractivity (Wildman–Crippen MR) is 90.5 cm³/mol. The zero-order valence-corrected chi connectivity index (χ0v) is 13.7. The van der Waals surface area contributed by atoms with E-state index in [-0.39, 0.29) is 17.5 Å². The zero-order valence-electron chi connectivity index (χ0n) is 13.7. The third-order valence-corrected chi connectivity index (χ3v) is 3.89. The average molecular weight is 341 g/mol. The van der Waals surface area contributed by atoms with E-state index >= 15 is 0 Å². The molecule has 6 heteroatoms. The van der Waals surface area contributed by atoms with Crippen LogP contribution < -0.4 is 5.32 Å². The number of nitrogens with zero attached hydrogens (tertiary/aromatic N) is 2. The van der Waals surface area contributed by atoms with Crippen LogP contribution in [-0.2, 0) is 13.0 Å². The highest BCUT2D eigenvalue weighted by molar-refractivity contribution is 5.95. The summed E-state index contributed by atoms with van der Waals surface area (Å²) >= 11 is 0. The van der Waals surface area contributed by atoms with E-state index in [4.69, 9.17) is 0 Å². The van der Waals surface area contributed by atoms with Gasteiger partial charge in [0.05, 0.1) is 23.1 Å². The molecule has 1 N–H and O–H groups in total. The molecule has 2 aromatic carbocycles. The van der Waals surface area contributed by atoms with Crippen molar-refractivity contribution in [3.63, 3.8) is 0 Å². The Kier molecular flexibility index (Phi) is 4.88. The average Bonchev–Trinajstić information content (AvgIpc) is 3.05. The molecule has 0 saturated carbocycles. The zero-order chi connectivity index (χ0) is 17.8. The van der Waals surface area contributed by atoms with Gasteiger partial charge in [0.25, 0.3) is 5.91 Å². The Morgan fingerprint density at radius 2 is 1.64 bits per heavy atom. The van der Waals surface area contributed by atoms with Crippen LogP contribution in [0.25, 0.3) is 5.69 Å². The summed E-state index contributed by atoms with van der Waals surface area (Å²) in [4.78, 5) is 12.5. The molecule has 0 aliphatic rings. The van der Waals surface area contributed by atoms with E-state index in [0.717, 1.165) is 11.3 Å². The Hall–Kier alpha value is -3.02. The number of aromatic nitrogens is 2. The molecule has 0 fully saturated rings. The fourth-order valence-electron chi connectivity index (χ4n) is 2.59. The van der Waals surface area contributed by atoms with Crippen molar-refractivity contribution in [2.45, 2.75) is 19.9 Å². The van der Waals surface area contributed by atoms with Gasteiger partial charge in [0, 0.05) is 6.54 Å². The Morgan fingerprint density at radius 1 is 1.04 bits per heavy atom. The minimum Gasteiger partial charge on any atom is -0.348 e. The summed E-state index contributed by atoms with van der Waals surface area (Å²) in [6, 6.07) is 11.9. The first-order valence-corrected chi connectivity index (χ1v) is 7.94. The normalized spacial score (nSPS) is 10.7. The van der Waals surface area contributed by atoms with Gasteiger partial charge < -0.3 is 5.32 Å². The van der Waals surface area contributed by atoms with Crippen LogP contribution in [-0.4, -0.2) is 15.7 Å². The largest absolute Gasteiger partial charge is 0.348 e. The summed E-state index contributed by atoms with van der Waals surface area (Å²) < 4.78 is 27.6. The number of hydrogen-bond acceptors (Lipinski definition) is 2. The van der Waals surface area contributed by atoms with Gasteiger partial charge in [0.15, 0.2) is 0 Å². The highest BCUT2D eigenvalue weighted by Crippen LogP contribution is 2.16. The first-order chi connectivity index (χ1) is 12.1. The number of halogens is 2. The Balaban J connectivity index is 1.78. The predicted octanol–water partition coefficient (Wildman–Crippen LogP) is 3.64. The Labute approximate surface area is 144 Å². The summed E-state index contributed by atoms with van der Waals surface area (Å²) in [6.45, 7) is 2.22. The number of benzene rings is 2. The van der Waals surface area contributed by atoms with Gasteiger partial charge in [0.2, 0.25) is 0 Å². The lowest BCUT2D eigenvalue weighted by Gasteiger charge is -2.09. The van der Waals surface area contributed by atoms with Crippen LogP contribution in [0, 0.1) is 11.6 Å². The maximum atomic E-state index is 13.1. The molecule has 1 heterocycles. The van der Waals surface area contributed by atoms with Crippen LogP contribution >= 0.6 is 0 Å². The van der Waals surface area contributed by atoms with E-state index in [1.807, 2.05) is 6.92 Å². The van der Waals surface area contributed by atoms with Crippen molar-refractivity contribution in [2.24, 2.45) is 0 Å². The van der Waals surface area contributed by atoms with Crippen molar-refractivity contribution >= 4 is 5.91 Å². The number of hydrogen-bond donors (Lipinski definition) is 1. The van der Waals surface area contributed by atoms with E-state index in [1.54, 1.807) is 28.9 Å². The van der Waals surface area contributed by atoms with Crippen molar-refractivity contribution in [3.05, 3.63) is 83.2 Å². The van der Waals surface area contributed by atoms with Crippen LogP contribution in [0.2, 0.25) is 0 Å². The van der Waals surface area contributed by atoms with Crippen molar-refractivity contribution in [1.29, 1.82) is 0 Å². The molecule has 1 amide bonds. The second kappa shape index (κ2) is 7.25. The topological polar surface area (TPSA) is 46.9 Å². The summed E-state index contributed by atoms with van der Waals surface area (Å²) in [6.07, 6.45) is 2.10. The Morgan fingerprint density at radius 3 is 2.24 bits per heavy atom. The number of rotatable bonds is 5. The monoisotopic (exact) mass is 341 g/mol. The summed E-state index contributed by atoms with van der Waals surface area (Å²) in [5, 5.41) is 7.07. The molecule has 0 spiro atoms. The summed E-state index contributed by atoms with van der Waals surface area (Å²) in [5.41, 5.74) is 2.70. The van der Waals surface area contributed by atoms with Crippen LogP contribution in [0.4, 0.5) is 8.78 Å². The molecule has 0 radical (unpaired) electrons. The quantitative estimate of drug-likeness (QED) is 0.770. The molecular formula is C19H17F2N3O. The summed E-state index contributed by atoms with van der Waals surface area (Å²) in [7, 11) is 0. The van der Waals surface area contributed by atoms with E-state index in [1.165, 1.54) is 30.5 Å². The van der Waals surface area contributed by atoms with Gasteiger partial charge in [-0.25, -0.2) is 13.5 Å². The van der Waals surface area contributed by atoms with Gasteiger partial charge in [-0.15, -0.1) is 0 Å². The molecule has 0 aliphatic heterocycles. The molecule has 3 aromatic rings. The van der Waals surface area contributed by atoms with Crippen molar-refractivity contribution in [3.8, 4) is 5.69 Å². The van der Waals surface area contributed by atoms with Gasteiger partial charge in [-0.1, -0.05) is 19.1 Å². The highest BCUT2D eigenvalue weighted by Gasteiger charge is 2.17. The minimum absolute atomic E-state index is 0.255. The number of carbonyl (C=O) groups is 1. The number of amides is 1. The molecular weight excluding hydrogens is 324 g/mol. The fraction of sp³-hybridized carbons (Fsp3) is 0.158. The maximum Gasteiger partial charge on any atom is 0.255 e. The molecule has 0 atom stereocenters. The third-order valence-electron chi connectivity index (χ3n) is 3.89. The van der Waals surface area contributed by atoms with Crippen molar-refractivity contribution < 1.29 is 13.6 Å². The molecule has 25 heavy (non-hydrogen) atoms. The van der Waals surface area contributed by atoms with Crippen LogP contribution in [0.1, 0.15) is 28.5 Å². The van der Waals surface area contributed by atoms with E-state index in [9.17, 15) is 13.6 Å². The molecule has 0 aliphatic carbocycles. The lowest BCUT2D eigenvalue weighted by molar-refractivity contribution is 0.0950. The smallest absolute Gasteiger partial charge is 0.255 e. The lowest BCUT2D eigenvalue weighted by Crippen LogP contribution is -2.23. The highest BCUT2D eigenvalue weighted by atomic mass is 19.1. The van der Waals surface area contributed by atoms with Gasteiger partial charge in [-0.2, -0.15) is 5.10 Å². The molecule has 3 rings (SSSR count). The Bertz CT molecular complexity index is 871. The van der Waals surface area contributed by atoms with Crippen LogP contribution in [0.15, 0.2) is 54.7 Å². The lowest BCUT2D eigenvalue weighted by atomic mass is 10.1. The maximum absolute atomic E-state index is 13.1. The van der Waals surface area contributed by atoms with Gasteiger partial charge in [0.1, 0.15) is 11.6 Å². The van der Waals surface area contributed by atoms with Crippen molar-refractivity contribution in [1.82, 2.24) is 15.1 Å². The van der Waals surface area contributed by atoms with E-state index in [0.29, 0.717) is 24.2 Å². The van der Waals surface area contributed by atoms with Gasteiger partial charge in [-0.3, -0.25) is 4.79 Å². The van der Waals surface area contributed by atoms with Crippen LogP contribution in [0.3, 0.4) is 0 Å². The van der Waals surface area contributed by atoms with Crippen molar-refractivity contribution in [2.75, 3.05) is 0 Å². The standard InChI is InChI=1S/C19H17F2N3O/c1-2-18-17(12-23-24(18)16-9-7-15(21)8-10-16)19(25)22-11-13-3-5-14(20)6-4-13/h3-10,12H,2,11H2,1H3,(H,22,25).